The molecule has 0 aliphatic heterocycles. The maximum Gasteiger partial charge on any atom is 0.340 e. The van der Waals surface area contributed by atoms with Gasteiger partial charge in [-0.2, -0.15) is 0 Å². The van der Waals surface area contributed by atoms with E-state index in [0.29, 0.717) is 36.9 Å². The Balaban J connectivity index is 2.33. The number of carbonyl (C=O) groups excluding carboxylic acids is 1. The molecule has 28 heavy (non-hydrogen) atoms. The average Bonchev–Trinajstić information content (AvgIpc) is 2.59. The molecule has 3 rings (SSSR count). The summed E-state index contributed by atoms with van der Waals surface area (Å²) in [5.74, 6) is -0.607. The molecule has 0 radical (unpaired) electrons. The van der Waals surface area contributed by atoms with Gasteiger partial charge in [-0.15, -0.1) is 0 Å². The summed E-state index contributed by atoms with van der Waals surface area (Å²) in [6.07, 6.45) is 0. The zero-order valence-corrected chi connectivity index (χ0v) is 18.5. The molecule has 0 amide bonds. The number of carbonyl (C=O) groups is 1. The zero-order chi connectivity index (χ0) is 20.6. The Kier molecular flexibility index (Phi) is 6.65. The van der Waals surface area contributed by atoms with Crippen LogP contribution in [0.4, 0.5) is 0 Å². The number of hydrogen-bond donors (Lipinski definition) is 0. The van der Waals surface area contributed by atoms with Crippen molar-refractivity contribution in [2.24, 2.45) is 0 Å². The highest BCUT2D eigenvalue weighted by molar-refractivity contribution is 6.43. The molecule has 0 atom stereocenters. The van der Waals surface area contributed by atoms with E-state index in [1.165, 1.54) is 25.3 Å². The van der Waals surface area contributed by atoms with Gasteiger partial charge in [-0.3, -0.25) is 0 Å². The van der Waals surface area contributed by atoms with Gasteiger partial charge in [-0.05, 0) is 36.4 Å². The first-order valence-electron chi connectivity index (χ1n) is 7.62. The zero-order valence-electron chi connectivity index (χ0n) is 14.0. The average molecular weight is 496 g/mol. The lowest BCUT2D eigenvalue weighted by Gasteiger charge is -2.14. The number of methoxy groups -OCH3 is 1. The van der Waals surface area contributed by atoms with Gasteiger partial charge in [0.2, 0.25) is 0 Å². The van der Waals surface area contributed by atoms with Gasteiger partial charge in [-0.25, -0.2) is 9.78 Å². The molecule has 3 nitrogen and oxygen atoms in total. The van der Waals surface area contributed by atoms with Crippen molar-refractivity contribution < 1.29 is 9.53 Å². The van der Waals surface area contributed by atoms with E-state index in [9.17, 15) is 4.79 Å². The molecule has 0 N–H and O–H groups in total. The van der Waals surface area contributed by atoms with Crippen molar-refractivity contribution in [3.05, 3.63) is 72.1 Å². The van der Waals surface area contributed by atoms with E-state index in [1.807, 2.05) is 0 Å². The number of hydrogen-bond acceptors (Lipinski definition) is 3. The molecule has 9 heteroatoms. The van der Waals surface area contributed by atoms with E-state index in [0.717, 1.165) is 0 Å². The normalized spacial score (nSPS) is 10.8. The molecule has 0 saturated heterocycles. The Morgan fingerprint density at radius 3 is 1.71 bits per heavy atom. The molecule has 1 aromatic heterocycles. The molecule has 0 aliphatic carbocycles. The Morgan fingerprint density at radius 2 is 1.25 bits per heavy atom. The maximum absolute atomic E-state index is 12.3. The molecule has 3 aromatic rings. The van der Waals surface area contributed by atoms with Crippen LogP contribution in [0, 0.1) is 0 Å². The third-order valence-electron chi connectivity index (χ3n) is 3.81. The number of benzene rings is 2. The monoisotopic (exact) mass is 493 g/mol. The largest absolute Gasteiger partial charge is 0.465 e. The van der Waals surface area contributed by atoms with Crippen LogP contribution in [0.2, 0.25) is 30.1 Å². The summed E-state index contributed by atoms with van der Waals surface area (Å²) in [7, 11) is 1.26. The smallest absolute Gasteiger partial charge is 0.340 e. The molecule has 0 bridgehead atoms. The fraction of sp³-hybridized carbons (Fsp3) is 0.0526. The molecule has 0 fully saturated rings. The van der Waals surface area contributed by atoms with Gasteiger partial charge < -0.3 is 4.74 Å². The van der Waals surface area contributed by atoms with Crippen LogP contribution in [0.15, 0.2) is 36.4 Å². The van der Waals surface area contributed by atoms with Crippen molar-refractivity contribution in [2.75, 3.05) is 7.11 Å². The van der Waals surface area contributed by atoms with Crippen molar-refractivity contribution >= 4 is 75.6 Å². The van der Waals surface area contributed by atoms with E-state index in [4.69, 9.17) is 74.3 Å². The van der Waals surface area contributed by atoms with Crippen molar-refractivity contribution in [3.63, 3.8) is 0 Å². The number of aromatic nitrogens is 1. The molecule has 144 valence electrons. The quantitative estimate of drug-likeness (QED) is 0.344. The number of pyridine rings is 1. The summed E-state index contributed by atoms with van der Waals surface area (Å²) >= 11 is 37.3. The number of esters is 1. The Bertz CT molecular complexity index is 1050. The molecular weight excluding hydrogens is 487 g/mol. The van der Waals surface area contributed by atoms with E-state index in [2.05, 4.69) is 4.98 Å². The maximum atomic E-state index is 12.3. The van der Waals surface area contributed by atoms with E-state index in [1.54, 1.807) is 18.2 Å². The Morgan fingerprint density at radius 1 is 0.786 bits per heavy atom. The van der Waals surface area contributed by atoms with Gasteiger partial charge in [0.05, 0.1) is 44.2 Å². The number of ether oxygens (including phenoxy) is 1. The lowest BCUT2D eigenvalue weighted by atomic mass is 10.0. The summed E-state index contributed by atoms with van der Waals surface area (Å²) in [6.45, 7) is 0. The fourth-order valence-corrected chi connectivity index (χ4v) is 4.63. The van der Waals surface area contributed by atoms with Gasteiger partial charge in [0.1, 0.15) is 0 Å². The summed E-state index contributed by atoms with van der Waals surface area (Å²) < 4.78 is 4.85. The van der Waals surface area contributed by atoms with Crippen molar-refractivity contribution in [1.82, 2.24) is 4.98 Å². The van der Waals surface area contributed by atoms with Crippen molar-refractivity contribution in [3.8, 4) is 22.5 Å². The fourth-order valence-electron chi connectivity index (χ4n) is 2.62. The van der Waals surface area contributed by atoms with Crippen LogP contribution >= 0.6 is 69.6 Å². The first-order valence-corrected chi connectivity index (χ1v) is 9.89. The second-order valence-corrected chi connectivity index (χ2v) is 8.07. The van der Waals surface area contributed by atoms with E-state index < -0.39 is 5.97 Å². The highest BCUT2D eigenvalue weighted by Gasteiger charge is 2.22. The van der Waals surface area contributed by atoms with Crippen LogP contribution in [-0.2, 0) is 4.74 Å². The number of rotatable bonds is 3. The highest BCUT2D eigenvalue weighted by atomic mass is 35.5. The standard InChI is InChI=1S/C19H9Cl6NO2/c1-28-19(27)10-2-3-15(16-11(22)4-8(20)5-12(16)23)26-18(10)17-13(24)6-9(21)7-14(17)25/h2-7H,1H3. The van der Waals surface area contributed by atoms with Crippen LogP contribution in [0.3, 0.4) is 0 Å². The van der Waals surface area contributed by atoms with Gasteiger partial charge in [0, 0.05) is 21.2 Å². The summed E-state index contributed by atoms with van der Waals surface area (Å²) in [6, 6.07) is 9.22. The van der Waals surface area contributed by atoms with E-state index >= 15 is 0 Å². The Hall–Kier alpha value is -1.20. The number of halogens is 6. The lowest BCUT2D eigenvalue weighted by molar-refractivity contribution is 0.0601. The van der Waals surface area contributed by atoms with Gasteiger partial charge in [-0.1, -0.05) is 69.6 Å². The van der Waals surface area contributed by atoms with Crippen LogP contribution in [0.1, 0.15) is 10.4 Å². The third-order valence-corrected chi connectivity index (χ3v) is 5.44. The summed E-state index contributed by atoms with van der Waals surface area (Å²) in [5.41, 5.74) is 1.55. The highest BCUT2D eigenvalue weighted by Crippen LogP contribution is 2.41. The first kappa shape index (κ1) is 21.5. The second-order valence-electron chi connectivity index (χ2n) is 5.57. The third kappa shape index (κ3) is 4.20. The number of nitrogens with zero attached hydrogens (tertiary/aromatic N) is 1. The molecule has 1 heterocycles. The molecular formula is C19H9Cl6NO2. The van der Waals surface area contributed by atoms with E-state index in [-0.39, 0.29) is 21.3 Å². The molecule has 0 unspecified atom stereocenters. The topological polar surface area (TPSA) is 39.2 Å². The molecule has 2 aromatic carbocycles. The minimum Gasteiger partial charge on any atom is -0.465 e. The Labute approximate surface area is 191 Å². The van der Waals surface area contributed by atoms with Gasteiger partial charge >= 0.3 is 5.97 Å². The minimum atomic E-state index is -0.607. The van der Waals surface area contributed by atoms with Crippen LogP contribution in [0.5, 0.6) is 0 Å². The summed E-state index contributed by atoms with van der Waals surface area (Å²) in [4.78, 5) is 16.8. The predicted molar refractivity (Wildman–Crippen MR) is 117 cm³/mol. The van der Waals surface area contributed by atoms with Gasteiger partial charge in [0.25, 0.3) is 0 Å². The van der Waals surface area contributed by atoms with Crippen molar-refractivity contribution in [2.45, 2.75) is 0 Å². The molecule has 0 saturated carbocycles. The SMILES string of the molecule is COC(=O)c1ccc(-c2c(Cl)cc(Cl)cc2Cl)nc1-c1c(Cl)cc(Cl)cc1Cl. The predicted octanol–water partition coefficient (Wildman–Crippen LogP) is 8.12. The van der Waals surface area contributed by atoms with Gasteiger partial charge in [0.15, 0.2) is 0 Å². The van der Waals surface area contributed by atoms with Crippen LogP contribution in [-0.4, -0.2) is 18.1 Å². The molecule has 0 aliphatic rings. The minimum absolute atomic E-state index is 0.165. The van der Waals surface area contributed by atoms with Crippen molar-refractivity contribution in [1.29, 1.82) is 0 Å². The lowest BCUT2D eigenvalue weighted by Crippen LogP contribution is -2.06. The summed E-state index contributed by atoms with van der Waals surface area (Å²) in [5, 5.41) is 1.78. The van der Waals surface area contributed by atoms with Crippen LogP contribution < -0.4 is 0 Å². The molecule has 0 spiro atoms. The van der Waals surface area contributed by atoms with Crippen LogP contribution in [0.25, 0.3) is 22.5 Å². The first-order chi connectivity index (χ1) is 13.2. The second kappa shape index (κ2) is 8.66.